The maximum Gasteiger partial charge on any atom is 0.309 e. The number of rotatable bonds is 8. The van der Waals surface area contributed by atoms with E-state index in [1.54, 1.807) is 13.8 Å². The van der Waals surface area contributed by atoms with Crippen molar-refractivity contribution in [2.45, 2.75) is 45.8 Å². The third kappa shape index (κ3) is 5.68. The first-order valence-electron chi connectivity index (χ1n) is 6.79. The number of aliphatic carboxylic acids is 1. The van der Waals surface area contributed by atoms with Gasteiger partial charge in [0.1, 0.15) is 0 Å². The van der Waals surface area contributed by atoms with Crippen LogP contribution in [-0.4, -0.2) is 16.8 Å². The summed E-state index contributed by atoms with van der Waals surface area (Å²) < 4.78 is 0. The summed E-state index contributed by atoms with van der Waals surface area (Å²) >= 11 is 1.93. The van der Waals surface area contributed by atoms with E-state index in [-0.39, 0.29) is 0 Å². The number of hydrogen-bond acceptors (Lipinski definition) is 2. The zero-order valence-electron chi connectivity index (χ0n) is 12.1. The standard InChI is InChI=1S/C16H24O2S/c1-13-8-4-5-9-14(13)12-19-11-7-6-10-16(2,3)15(17)18/h4-5,8-9H,6-7,10-12H2,1-3H3,(H,17,18). The van der Waals surface area contributed by atoms with Crippen LogP contribution in [0.25, 0.3) is 0 Å². The largest absolute Gasteiger partial charge is 0.481 e. The van der Waals surface area contributed by atoms with Gasteiger partial charge in [0.25, 0.3) is 0 Å². The minimum absolute atomic E-state index is 0.583. The Balaban J connectivity index is 2.16. The van der Waals surface area contributed by atoms with E-state index < -0.39 is 11.4 Å². The van der Waals surface area contributed by atoms with Crippen molar-refractivity contribution < 1.29 is 9.90 Å². The fourth-order valence-electron chi connectivity index (χ4n) is 1.83. The van der Waals surface area contributed by atoms with Gasteiger partial charge >= 0.3 is 5.97 Å². The molecule has 0 spiro atoms. The van der Waals surface area contributed by atoms with Crippen molar-refractivity contribution in [1.82, 2.24) is 0 Å². The molecule has 0 fully saturated rings. The highest BCUT2D eigenvalue weighted by atomic mass is 32.2. The van der Waals surface area contributed by atoms with Gasteiger partial charge in [0, 0.05) is 5.75 Å². The molecule has 1 rings (SSSR count). The molecule has 2 nitrogen and oxygen atoms in total. The Hall–Kier alpha value is -0.960. The van der Waals surface area contributed by atoms with Crippen molar-refractivity contribution in [1.29, 1.82) is 0 Å². The minimum atomic E-state index is -0.694. The topological polar surface area (TPSA) is 37.3 Å². The second kappa shape index (κ2) is 7.59. The van der Waals surface area contributed by atoms with E-state index in [2.05, 4.69) is 31.2 Å². The first-order chi connectivity index (χ1) is 8.93. The molecule has 0 aliphatic heterocycles. The van der Waals surface area contributed by atoms with E-state index >= 15 is 0 Å². The van der Waals surface area contributed by atoms with Crippen molar-refractivity contribution in [2.75, 3.05) is 5.75 Å². The summed E-state index contributed by atoms with van der Waals surface area (Å²) in [4.78, 5) is 11.0. The zero-order chi connectivity index (χ0) is 14.3. The van der Waals surface area contributed by atoms with E-state index in [0.717, 1.165) is 30.8 Å². The first-order valence-corrected chi connectivity index (χ1v) is 7.94. The predicted octanol–water partition coefficient (Wildman–Crippen LogP) is 4.51. The van der Waals surface area contributed by atoms with Gasteiger partial charge in [0.05, 0.1) is 5.41 Å². The fraction of sp³-hybridized carbons (Fsp3) is 0.562. The predicted molar refractivity (Wildman–Crippen MR) is 82.6 cm³/mol. The van der Waals surface area contributed by atoms with Crippen LogP contribution in [0.5, 0.6) is 0 Å². The van der Waals surface area contributed by atoms with E-state index in [1.165, 1.54) is 11.1 Å². The molecule has 0 atom stereocenters. The van der Waals surface area contributed by atoms with Gasteiger partial charge in [-0.05, 0) is 50.5 Å². The van der Waals surface area contributed by atoms with E-state index in [4.69, 9.17) is 5.11 Å². The zero-order valence-corrected chi connectivity index (χ0v) is 12.9. The van der Waals surface area contributed by atoms with Crippen molar-refractivity contribution in [3.05, 3.63) is 35.4 Å². The number of thioether (sulfide) groups is 1. The second-order valence-corrected chi connectivity index (χ2v) is 6.73. The summed E-state index contributed by atoms with van der Waals surface area (Å²) in [5.41, 5.74) is 2.17. The lowest BCUT2D eigenvalue weighted by Crippen LogP contribution is -2.23. The first kappa shape index (κ1) is 16.1. The van der Waals surface area contributed by atoms with Crippen LogP contribution in [0.3, 0.4) is 0 Å². The highest BCUT2D eigenvalue weighted by Gasteiger charge is 2.25. The van der Waals surface area contributed by atoms with E-state index in [9.17, 15) is 4.79 Å². The Kier molecular flexibility index (Phi) is 6.43. The van der Waals surface area contributed by atoms with Crippen LogP contribution in [0, 0.1) is 12.3 Å². The molecule has 0 aliphatic rings. The normalized spacial score (nSPS) is 11.5. The Bertz CT molecular complexity index is 413. The molecule has 0 unspecified atom stereocenters. The van der Waals surface area contributed by atoms with Gasteiger partial charge in [0.15, 0.2) is 0 Å². The number of hydrogen-bond donors (Lipinski definition) is 1. The lowest BCUT2D eigenvalue weighted by Gasteiger charge is -2.18. The SMILES string of the molecule is Cc1ccccc1CSCCCCC(C)(C)C(=O)O. The summed E-state index contributed by atoms with van der Waals surface area (Å²) in [5, 5.41) is 9.02. The molecule has 0 aromatic heterocycles. The molecule has 3 heteroatoms. The molecule has 19 heavy (non-hydrogen) atoms. The maximum absolute atomic E-state index is 11.0. The van der Waals surface area contributed by atoms with Gasteiger partial charge in [-0.1, -0.05) is 30.7 Å². The fourth-order valence-corrected chi connectivity index (χ4v) is 2.93. The number of unbranched alkanes of at least 4 members (excludes halogenated alkanes) is 1. The summed E-state index contributed by atoms with van der Waals surface area (Å²) in [6, 6.07) is 8.47. The average molecular weight is 280 g/mol. The smallest absolute Gasteiger partial charge is 0.309 e. The Morgan fingerprint density at radius 3 is 2.58 bits per heavy atom. The van der Waals surface area contributed by atoms with Crippen molar-refractivity contribution in [3.63, 3.8) is 0 Å². The number of aryl methyl sites for hydroxylation is 1. The monoisotopic (exact) mass is 280 g/mol. The Morgan fingerprint density at radius 1 is 1.26 bits per heavy atom. The van der Waals surface area contributed by atoms with Crippen molar-refractivity contribution >= 4 is 17.7 Å². The van der Waals surface area contributed by atoms with Gasteiger partial charge in [-0.15, -0.1) is 0 Å². The summed E-state index contributed by atoms with van der Waals surface area (Å²) in [5.74, 6) is 1.46. The number of carboxylic acids is 1. The van der Waals surface area contributed by atoms with Crippen LogP contribution in [0.2, 0.25) is 0 Å². The molecule has 0 saturated carbocycles. The van der Waals surface area contributed by atoms with Crippen LogP contribution in [-0.2, 0) is 10.5 Å². The van der Waals surface area contributed by atoms with Crippen LogP contribution in [0.1, 0.15) is 44.2 Å². The van der Waals surface area contributed by atoms with E-state index in [1.807, 2.05) is 11.8 Å². The Labute approximate surface area is 120 Å². The molecular formula is C16H24O2S. The molecule has 1 aromatic rings. The van der Waals surface area contributed by atoms with Crippen LogP contribution >= 0.6 is 11.8 Å². The number of carbonyl (C=O) groups is 1. The van der Waals surface area contributed by atoms with Gasteiger partial charge in [-0.25, -0.2) is 0 Å². The van der Waals surface area contributed by atoms with Gasteiger partial charge < -0.3 is 5.11 Å². The molecule has 0 aliphatic carbocycles. The van der Waals surface area contributed by atoms with Gasteiger partial charge in [-0.3, -0.25) is 4.79 Å². The van der Waals surface area contributed by atoms with Crippen LogP contribution in [0.4, 0.5) is 0 Å². The van der Waals surface area contributed by atoms with Crippen LogP contribution in [0.15, 0.2) is 24.3 Å². The quantitative estimate of drug-likeness (QED) is 0.712. The molecule has 0 bridgehead atoms. The summed E-state index contributed by atoms with van der Waals surface area (Å²) in [6.07, 6.45) is 2.83. The lowest BCUT2D eigenvalue weighted by molar-refractivity contribution is -0.147. The van der Waals surface area contributed by atoms with Crippen molar-refractivity contribution in [3.8, 4) is 0 Å². The molecule has 0 amide bonds. The lowest BCUT2D eigenvalue weighted by atomic mass is 9.88. The molecule has 0 radical (unpaired) electrons. The summed E-state index contributed by atoms with van der Waals surface area (Å²) in [6.45, 7) is 5.75. The van der Waals surface area contributed by atoms with Gasteiger partial charge in [-0.2, -0.15) is 11.8 Å². The highest BCUT2D eigenvalue weighted by Crippen LogP contribution is 2.24. The number of benzene rings is 1. The maximum atomic E-state index is 11.0. The highest BCUT2D eigenvalue weighted by molar-refractivity contribution is 7.98. The number of carboxylic acid groups (broad SMARTS) is 1. The van der Waals surface area contributed by atoms with Gasteiger partial charge in [0.2, 0.25) is 0 Å². The third-order valence-electron chi connectivity index (χ3n) is 3.44. The molecule has 0 saturated heterocycles. The van der Waals surface area contributed by atoms with E-state index in [0.29, 0.717) is 0 Å². The molecular weight excluding hydrogens is 256 g/mol. The van der Waals surface area contributed by atoms with Crippen LogP contribution < -0.4 is 0 Å². The third-order valence-corrected chi connectivity index (χ3v) is 4.53. The average Bonchev–Trinajstić information content (AvgIpc) is 2.35. The molecule has 106 valence electrons. The summed E-state index contributed by atoms with van der Waals surface area (Å²) in [7, 11) is 0. The van der Waals surface area contributed by atoms with Crippen molar-refractivity contribution in [2.24, 2.45) is 5.41 Å². The molecule has 1 aromatic carbocycles. The molecule has 1 N–H and O–H groups in total. The minimum Gasteiger partial charge on any atom is -0.481 e. The Morgan fingerprint density at radius 2 is 1.95 bits per heavy atom. The molecule has 0 heterocycles. The second-order valence-electron chi connectivity index (χ2n) is 5.63.